The third kappa shape index (κ3) is 6.44. The number of hydrogen-bond acceptors (Lipinski definition) is 4. The van der Waals surface area contributed by atoms with E-state index in [1.54, 1.807) is 13.8 Å². The van der Waals surface area contributed by atoms with Gasteiger partial charge in [-0.3, -0.25) is 0 Å². The zero-order valence-electron chi connectivity index (χ0n) is 10.5. The summed E-state index contributed by atoms with van der Waals surface area (Å²) in [4.78, 5) is 0. The number of unbranched alkanes of at least 4 members (excludes halogenated alkanes) is 1. The maximum absolute atomic E-state index is 11.7. The standard InChI is InChI=1S/C9H22N4O3S/c1-8(2)13(3)17(15,16)11-7-5-4-6-9(10)12-14/h8,11,14H,4-7H2,1-3H3,(H2,10,12). The summed E-state index contributed by atoms with van der Waals surface area (Å²) in [5.74, 6) is 0.159. The molecule has 0 amide bonds. The molecule has 4 N–H and O–H groups in total. The quantitative estimate of drug-likeness (QED) is 0.190. The molecule has 0 saturated carbocycles. The highest BCUT2D eigenvalue weighted by atomic mass is 32.2. The van der Waals surface area contributed by atoms with E-state index in [0.29, 0.717) is 25.8 Å². The van der Waals surface area contributed by atoms with E-state index in [9.17, 15) is 8.42 Å². The van der Waals surface area contributed by atoms with Crippen LogP contribution in [0.5, 0.6) is 0 Å². The van der Waals surface area contributed by atoms with Gasteiger partial charge in [-0.15, -0.1) is 0 Å². The fourth-order valence-corrected chi connectivity index (χ4v) is 2.22. The minimum Gasteiger partial charge on any atom is -0.409 e. The number of nitrogens with two attached hydrogens (primary N) is 1. The van der Waals surface area contributed by atoms with Crippen LogP contribution in [0.3, 0.4) is 0 Å². The fraction of sp³-hybridized carbons (Fsp3) is 0.889. The first-order chi connectivity index (χ1) is 7.81. The second-order valence-electron chi connectivity index (χ2n) is 4.06. The Bertz CT molecular complexity index is 340. The molecule has 0 fully saturated rings. The summed E-state index contributed by atoms with van der Waals surface area (Å²) in [6.07, 6.45) is 1.77. The van der Waals surface area contributed by atoms with Crippen LogP contribution >= 0.6 is 0 Å². The smallest absolute Gasteiger partial charge is 0.279 e. The molecule has 0 radical (unpaired) electrons. The molecule has 102 valence electrons. The molecule has 0 heterocycles. The lowest BCUT2D eigenvalue weighted by Crippen LogP contribution is -2.42. The summed E-state index contributed by atoms with van der Waals surface area (Å²) in [6.45, 7) is 3.95. The molecule has 0 atom stereocenters. The monoisotopic (exact) mass is 266 g/mol. The Kier molecular flexibility index (Phi) is 7.09. The Morgan fingerprint density at radius 3 is 2.53 bits per heavy atom. The molecule has 0 aliphatic rings. The lowest BCUT2D eigenvalue weighted by molar-refractivity contribution is 0.316. The molecule has 8 heteroatoms. The van der Waals surface area contributed by atoms with E-state index in [2.05, 4.69) is 9.88 Å². The van der Waals surface area contributed by atoms with Crippen LogP contribution in [0.4, 0.5) is 0 Å². The molecule has 0 spiro atoms. The van der Waals surface area contributed by atoms with Crippen molar-refractivity contribution in [2.45, 2.75) is 39.2 Å². The summed E-state index contributed by atoms with van der Waals surface area (Å²) in [5, 5.41) is 11.1. The third-order valence-corrected chi connectivity index (χ3v) is 4.13. The first-order valence-corrected chi connectivity index (χ1v) is 6.94. The van der Waals surface area contributed by atoms with Crippen molar-refractivity contribution in [3.05, 3.63) is 0 Å². The number of oxime groups is 1. The first kappa shape index (κ1) is 16.1. The Morgan fingerprint density at radius 2 is 2.06 bits per heavy atom. The van der Waals surface area contributed by atoms with E-state index < -0.39 is 10.2 Å². The van der Waals surface area contributed by atoms with Gasteiger partial charge in [0, 0.05) is 26.1 Å². The van der Waals surface area contributed by atoms with Gasteiger partial charge in [-0.25, -0.2) is 4.72 Å². The van der Waals surface area contributed by atoms with Crippen molar-refractivity contribution in [3.8, 4) is 0 Å². The molecular formula is C9H22N4O3S. The summed E-state index contributed by atoms with van der Waals surface area (Å²) < 4.78 is 27.1. The van der Waals surface area contributed by atoms with Crippen molar-refractivity contribution in [1.82, 2.24) is 9.03 Å². The van der Waals surface area contributed by atoms with Gasteiger partial charge in [0.05, 0.1) is 0 Å². The average molecular weight is 266 g/mol. The van der Waals surface area contributed by atoms with Crippen molar-refractivity contribution < 1.29 is 13.6 Å². The minimum atomic E-state index is -3.39. The van der Waals surface area contributed by atoms with Gasteiger partial charge in [-0.05, 0) is 26.7 Å². The summed E-state index contributed by atoms with van der Waals surface area (Å²) in [5.41, 5.74) is 5.28. The van der Waals surface area contributed by atoms with E-state index >= 15 is 0 Å². The van der Waals surface area contributed by atoms with Crippen LogP contribution in [0.15, 0.2) is 5.16 Å². The van der Waals surface area contributed by atoms with Gasteiger partial charge in [0.2, 0.25) is 0 Å². The number of rotatable bonds is 8. The normalized spacial score (nSPS) is 13.6. The van der Waals surface area contributed by atoms with E-state index in [4.69, 9.17) is 10.9 Å². The number of hydrogen-bond donors (Lipinski definition) is 3. The van der Waals surface area contributed by atoms with Crippen molar-refractivity contribution in [2.24, 2.45) is 10.9 Å². The van der Waals surface area contributed by atoms with Crippen molar-refractivity contribution in [3.63, 3.8) is 0 Å². The third-order valence-electron chi connectivity index (χ3n) is 2.38. The predicted octanol–water partition coefficient (Wildman–Crippen LogP) is 0.0777. The van der Waals surface area contributed by atoms with Gasteiger partial charge in [-0.2, -0.15) is 12.7 Å². The van der Waals surface area contributed by atoms with Crippen molar-refractivity contribution >= 4 is 16.0 Å². The molecule has 0 bridgehead atoms. The molecule has 0 unspecified atom stereocenters. The Hall–Kier alpha value is -0.860. The van der Waals surface area contributed by atoms with Crippen LogP contribution in [0, 0.1) is 0 Å². The van der Waals surface area contributed by atoms with E-state index in [-0.39, 0.29) is 11.9 Å². The van der Waals surface area contributed by atoms with Gasteiger partial charge in [0.1, 0.15) is 5.84 Å². The van der Waals surface area contributed by atoms with Crippen LogP contribution in [0.25, 0.3) is 0 Å². The van der Waals surface area contributed by atoms with Crippen LogP contribution in [0.2, 0.25) is 0 Å². The molecule has 0 rings (SSSR count). The number of nitrogens with zero attached hydrogens (tertiary/aromatic N) is 2. The van der Waals surface area contributed by atoms with Crippen LogP contribution < -0.4 is 10.5 Å². The minimum absolute atomic E-state index is 0.0790. The summed E-state index contributed by atoms with van der Waals surface area (Å²) >= 11 is 0. The Labute approximate surface area is 103 Å². The largest absolute Gasteiger partial charge is 0.409 e. The van der Waals surface area contributed by atoms with Crippen LogP contribution in [-0.4, -0.2) is 43.4 Å². The highest BCUT2D eigenvalue weighted by Crippen LogP contribution is 2.01. The molecule has 0 aromatic carbocycles. The fourth-order valence-electron chi connectivity index (χ4n) is 1.06. The SMILES string of the molecule is CC(C)N(C)S(=O)(=O)NCCCCC(N)=NO. The summed E-state index contributed by atoms with van der Waals surface area (Å²) in [7, 11) is -1.86. The molecule has 0 saturated heterocycles. The second kappa shape index (κ2) is 7.46. The molecule has 17 heavy (non-hydrogen) atoms. The molecule has 7 nitrogen and oxygen atoms in total. The van der Waals surface area contributed by atoms with E-state index in [1.165, 1.54) is 11.4 Å². The van der Waals surface area contributed by atoms with Gasteiger partial charge in [0.15, 0.2) is 0 Å². The first-order valence-electron chi connectivity index (χ1n) is 5.50. The molecule has 0 aromatic heterocycles. The molecule has 0 aliphatic carbocycles. The number of amidine groups is 1. The average Bonchev–Trinajstić information content (AvgIpc) is 2.26. The molecular weight excluding hydrogens is 244 g/mol. The second-order valence-corrected chi connectivity index (χ2v) is 5.87. The van der Waals surface area contributed by atoms with E-state index in [1.807, 2.05) is 0 Å². The van der Waals surface area contributed by atoms with Crippen molar-refractivity contribution in [2.75, 3.05) is 13.6 Å². The lowest BCUT2D eigenvalue weighted by Gasteiger charge is -2.21. The summed E-state index contributed by atoms with van der Waals surface area (Å²) in [6, 6.07) is -0.0790. The highest BCUT2D eigenvalue weighted by Gasteiger charge is 2.18. The topological polar surface area (TPSA) is 108 Å². The van der Waals surface area contributed by atoms with Gasteiger partial charge < -0.3 is 10.9 Å². The van der Waals surface area contributed by atoms with Crippen LogP contribution in [0.1, 0.15) is 33.1 Å². The maximum Gasteiger partial charge on any atom is 0.279 e. The zero-order valence-corrected chi connectivity index (χ0v) is 11.4. The van der Waals surface area contributed by atoms with Gasteiger partial charge in [0.25, 0.3) is 10.2 Å². The lowest BCUT2D eigenvalue weighted by atomic mass is 10.2. The molecule has 0 aliphatic heterocycles. The van der Waals surface area contributed by atoms with E-state index in [0.717, 1.165) is 0 Å². The Morgan fingerprint density at radius 1 is 1.47 bits per heavy atom. The van der Waals surface area contributed by atoms with Crippen molar-refractivity contribution in [1.29, 1.82) is 0 Å². The van der Waals surface area contributed by atoms with Crippen LogP contribution in [-0.2, 0) is 10.2 Å². The zero-order chi connectivity index (χ0) is 13.5. The Balaban J connectivity index is 3.89. The van der Waals surface area contributed by atoms with Gasteiger partial charge >= 0.3 is 0 Å². The van der Waals surface area contributed by atoms with Gasteiger partial charge in [-0.1, -0.05) is 5.16 Å². The predicted molar refractivity (Wildman–Crippen MR) is 67.1 cm³/mol. The number of nitrogens with one attached hydrogen (secondary N) is 1. The highest BCUT2D eigenvalue weighted by molar-refractivity contribution is 7.87. The maximum atomic E-state index is 11.7. The molecule has 0 aromatic rings.